The molecule has 0 spiro atoms. The summed E-state index contributed by atoms with van der Waals surface area (Å²) < 4.78 is 5.10. The maximum Gasteiger partial charge on any atom is 0.325 e. The fraction of sp³-hybridized carbons (Fsp3) is 0.444. The Balaban J connectivity index is 1.83. The topological polar surface area (TPSA) is 88.3 Å². The molecule has 1 aromatic heterocycles. The van der Waals surface area contributed by atoms with Gasteiger partial charge in [0, 0.05) is 6.42 Å². The summed E-state index contributed by atoms with van der Waals surface area (Å²) in [7, 11) is 0. The molecule has 3 amide bonds. The van der Waals surface area contributed by atoms with E-state index in [1.807, 2.05) is 31.2 Å². The van der Waals surface area contributed by atoms with Crippen molar-refractivity contribution < 1.29 is 14.1 Å². The second-order valence-electron chi connectivity index (χ2n) is 6.68. The van der Waals surface area contributed by atoms with E-state index in [4.69, 9.17) is 4.52 Å². The van der Waals surface area contributed by atoms with E-state index in [0.29, 0.717) is 18.2 Å². The van der Waals surface area contributed by atoms with E-state index in [0.717, 1.165) is 10.5 Å². The predicted octanol–water partition coefficient (Wildman–Crippen LogP) is 2.72. The van der Waals surface area contributed by atoms with Crippen molar-refractivity contribution in [3.8, 4) is 0 Å². The van der Waals surface area contributed by atoms with Gasteiger partial charge in [-0.2, -0.15) is 4.98 Å². The number of hydrogen-bond donors (Lipinski definition) is 1. The second-order valence-corrected chi connectivity index (χ2v) is 6.68. The van der Waals surface area contributed by atoms with Crippen molar-refractivity contribution in [2.45, 2.75) is 52.1 Å². The van der Waals surface area contributed by atoms with Crippen LogP contribution in [-0.2, 0) is 23.3 Å². The molecule has 7 nitrogen and oxygen atoms in total. The molecule has 1 saturated heterocycles. The lowest BCUT2D eigenvalue weighted by atomic mass is 9.90. The van der Waals surface area contributed by atoms with Crippen LogP contribution in [0.2, 0.25) is 0 Å². The monoisotopic (exact) mass is 342 g/mol. The number of amides is 3. The number of imide groups is 1. The fourth-order valence-electron chi connectivity index (χ4n) is 2.87. The zero-order valence-electron chi connectivity index (χ0n) is 14.9. The third-order valence-corrected chi connectivity index (χ3v) is 4.55. The lowest BCUT2D eigenvalue weighted by molar-refractivity contribution is -0.131. The van der Waals surface area contributed by atoms with Gasteiger partial charge < -0.3 is 9.84 Å². The number of hydrogen-bond acceptors (Lipinski definition) is 5. The van der Waals surface area contributed by atoms with Crippen LogP contribution in [0.1, 0.15) is 56.5 Å². The fourth-order valence-corrected chi connectivity index (χ4v) is 2.87. The quantitative estimate of drug-likeness (QED) is 0.844. The lowest BCUT2D eigenvalue weighted by Crippen LogP contribution is -2.40. The smallest absolute Gasteiger partial charge is 0.325 e. The third-order valence-electron chi connectivity index (χ3n) is 4.55. The van der Waals surface area contributed by atoms with Gasteiger partial charge in [0.2, 0.25) is 5.89 Å². The zero-order valence-corrected chi connectivity index (χ0v) is 14.9. The minimum Gasteiger partial charge on any atom is -0.337 e. The summed E-state index contributed by atoms with van der Waals surface area (Å²) in [6, 6.07) is 7.28. The Kier molecular flexibility index (Phi) is 4.32. The molecular weight excluding hydrogens is 320 g/mol. The number of benzene rings is 1. The number of aromatic nitrogens is 2. The molecule has 0 bridgehead atoms. The first-order valence-corrected chi connectivity index (χ1v) is 8.41. The molecule has 1 aliphatic heterocycles. The number of nitrogens with zero attached hydrogens (tertiary/aromatic N) is 3. The van der Waals surface area contributed by atoms with E-state index < -0.39 is 11.6 Å². The van der Waals surface area contributed by atoms with Crippen molar-refractivity contribution in [1.82, 2.24) is 20.4 Å². The molecule has 2 heterocycles. The number of urea groups is 1. The van der Waals surface area contributed by atoms with Crippen molar-refractivity contribution in [2.75, 3.05) is 0 Å². The molecule has 2 aromatic rings. The SMILES string of the molecule is CCc1noc(CN2C(=O)N[C@](C)(c3ccc(C(C)C)cc3)C2=O)n1. The van der Waals surface area contributed by atoms with Gasteiger partial charge >= 0.3 is 6.03 Å². The average molecular weight is 342 g/mol. The van der Waals surface area contributed by atoms with E-state index in [-0.39, 0.29) is 18.3 Å². The number of carbonyl (C=O) groups is 2. The molecule has 0 unspecified atom stereocenters. The molecule has 0 saturated carbocycles. The van der Waals surface area contributed by atoms with Gasteiger partial charge in [0.05, 0.1) is 0 Å². The van der Waals surface area contributed by atoms with E-state index >= 15 is 0 Å². The van der Waals surface area contributed by atoms with Crippen LogP contribution in [0.4, 0.5) is 4.79 Å². The largest absolute Gasteiger partial charge is 0.337 e. The molecule has 25 heavy (non-hydrogen) atoms. The summed E-state index contributed by atoms with van der Waals surface area (Å²) in [5, 5.41) is 6.58. The maximum atomic E-state index is 12.9. The highest BCUT2D eigenvalue weighted by atomic mass is 16.5. The highest BCUT2D eigenvalue weighted by molar-refractivity contribution is 6.07. The summed E-state index contributed by atoms with van der Waals surface area (Å²) in [5.74, 6) is 0.873. The number of nitrogens with one attached hydrogen (secondary N) is 1. The van der Waals surface area contributed by atoms with Crippen LogP contribution in [0, 0.1) is 0 Å². The summed E-state index contributed by atoms with van der Waals surface area (Å²) in [6.07, 6.45) is 0.629. The number of rotatable bonds is 5. The normalized spacial score (nSPS) is 20.4. The van der Waals surface area contributed by atoms with Crippen LogP contribution in [-0.4, -0.2) is 27.0 Å². The summed E-state index contributed by atoms with van der Waals surface area (Å²) in [4.78, 5) is 30.5. The molecule has 0 radical (unpaired) electrons. The van der Waals surface area contributed by atoms with E-state index in [2.05, 4.69) is 29.3 Å². The molecule has 132 valence electrons. The molecule has 1 N–H and O–H groups in total. The van der Waals surface area contributed by atoms with Crippen LogP contribution in [0.5, 0.6) is 0 Å². The van der Waals surface area contributed by atoms with Crippen LogP contribution in [0.15, 0.2) is 28.8 Å². The van der Waals surface area contributed by atoms with Crippen LogP contribution < -0.4 is 5.32 Å². The Labute approximate surface area is 146 Å². The van der Waals surface area contributed by atoms with Gasteiger partial charge in [0.25, 0.3) is 5.91 Å². The molecule has 0 aliphatic carbocycles. The minimum atomic E-state index is -1.10. The highest BCUT2D eigenvalue weighted by Crippen LogP contribution is 2.30. The van der Waals surface area contributed by atoms with Gasteiger partial charge in [-0.05, 0) is 24.0 Å². The predicted molar refractivity (Wildman–Crippen MR) is 90.6 cm³/mol. The Morgan fingerprint density at radius 1 is 1.24 bits per heavy atom. The molecular formula is C18H22N4O3. The van der Waals surface area contributed by atoms with E-state index in [1.165, 1.54) is 5.56 Å². The molecule has 1 aromatic carbocycles. The zero-order chi connectivity index (χ0) is 18.2. The average Bonchev–Trinajstić information content (AvgIpc) is 3.14. The van der Waals surface area contributed by atoms with Gasteiger partial charge in [-0.25, -0.2) is 4.79 Å². The van der Waals surface area contributed by atoms with E-state index in [1.54, 1.807) is 6.92 Å². The van der Waals surface area contributed by atoms with Gasteiger partial charge in [0.15, 0.2) is 5.82 Å². The molecule has 3 rings (SSSR count). The minimum absolute atomic E-state index is 0.0304. The first-order valence-electron chi connectivity index (χ1n) is 8.41. The van der Waals surface area contributed by atoms with Crippen molar-refractivity contribution in [1.29, 1.82) is 0 Å². The van der Waals surface area contributed by atoms with Crippen molar-refractivity contribution in [3.05, 3.63) is 47.1 Å². The summed E-state index contributed by atoms with van der Waals surface area (Å²) >= 11 is 0. The van der Waals surface area contributed by atoms with E-state index in [9.17, 15) is 9.59 Å². The van der Waals surface area contributed by atoms with Crippen LogP contribution >= 0.6 is 0 Å². The van der Waals surface area contributed by atoms with Crippen LogP contribution in [0.3, 0.4) is 0 Å². The first-order chi connectivity index (χ1) is 11.8. The number of aryl methyl sites for hydroxylation is 1. The Bertz CT molecular complexity index is 797. The molecule has 1 atom stereocenters. The van der Waals surface area contributed by atoms with Gasteiger partial charge in [-0.3, -0.25) is 9.69 Å². The van der Waals surface area contributed by atoms with Crippen LogP contribution in [0.25, 0.3) is 0 Å². The highest BCUT2D eigenvalue weighted by Gasteiger charge is 2.49. The molecule has 7 heteroatoms. The Morgan fingerprint density at radius 2 is 1.92 bits per heavy atom. The lowest BCUT2D eigenvalue weighted by Gasteiger charge is -2.22. The maximum absolute atomic E-state index is 12.9. The standard InChI is InChI=1S/C18H22N4O3/c1-5-14-19-15(25-21-14)10-22-16(23)18(4,20-17(22)24)13-8-6-12(7-9-13)11(2)3/h6-9,11H,5,10H2,1-4H3,(H,20,24)/t18-/m1/s1. The Morgan fingerprint density at radius 3 is 2.48 bits per heavy atom. The molecule has 1 aliphatic rings. The van der Waals surface area contributed by atoms with Crippen molar-refractivity contribution >= 4 is 11.9 Å². The first kappa shape index (κ1) is 17.1. The van der Waals surface area contributed by atoms with Crippen molar-refractivity contribution in [3.63, 3.8) is 0 Å². The van der Waals surface area contributed by atoms with Gasteiger partial charge in [-0.15, -0.1) is 0 Å². The van der Waals surface area contributed by atoms with Gasteiger partial charge in [-0.1, -0.05) is 50.2 Å². The number of carbonyl (C=O) groups excluding carboxylic acids is 2. The third kappa shape index (κ3) is 3.01. The van der Waals surface area contributed by atoms with Crippen molar-refractivity contribution in [2.24, 2.45) is 0 Å². The van der Waals surface area contributed by atoms with Gasteiger partial charge in [0.1, 0.15) is 12.1 Å². The second kappa shape index (κ2) is 6.31. The molecule has 1 fully saturated rings. The Hall–Kier alpha value is -2.70. The summed E-state index contributed by atoms with van der Waals surface area (Å²) in [5.41, 5.74) is 0.830. The summed E-state index contributed by atoms with van der Waals surface area (Å²) in [6.45, 7) is 7.80.